The number of rotatable bonds is 0. The highest BCUT2D eigenvalue weighted by Gasteiger charge is 1.57. The minimum Gasteiger partial charge on any atom is -1.00 e. The van der Waals surface area contributed by atoms with Gasteiger partial charge in [-0.25, -0.2) is 0 Å². The van der Waals surface area contributed by atoms with Gasteiger partial charge in [-0.2, -0.15) is 0 Å². The second kappa shape index (κ2) is 3.88. The van der Waals surface area contributed by atoms with Crippen LogP contribution >= 0.6 is 0 Å². The monoisotopic (exact) mass is 140 g/mol. The van der Waals surface area contributed by atoms with Gasteiger partial charge in [0.15, 0.2) is 7.05 Å². The van der Waals surface area contributed by atoms with E-state index in [1.165, 1.54) is 0 Å². The number of nitrogens with zero attached hydrogens (tertiary/aromatic N) is 1. The van der Waals surface area contributed by atoms with Crippen LogP contribution in [0.3, 0.4) is 0 Å². The molecule has 0 aromatic rings. The van der Waals surface area contributed by atoms with Crippen molar-refractivity contribution < 1.29 is 21.9 Å². The summed E-state index contributed by atoms with van der Waals surface area (Å²) in [6, 6.07) is 0. The first-order chi connectivity index (χ1) is 1.73. The van der Waals surface area contributed by atoms with Gasteiger partial charge < -0.3 is 17.0 Å². The van der Waals surface area contributed by atoms with Crippen LogP contribution in [0, 0.1) is 10.1 Å². The standard InChI is InChI=1S/CH3NO2.BrH/c1-2(3)4;/h1H3;1H/p-1. The average molecular weight is 141 g/mol. The van der Waals surface area contributed by atoms with Crippen LogP contribution in [0.15, 0.2) is 0 Å². The normalized spacial score (nSPS) is 5.00. The lowest BCUT2D eigenvalue weighted by Gasteiger charge is -1.63. The molecule has 0 aliphatic rings. The van der Waals surface area contributed by atoms with Crippen LogP contribution < -0.4 is 17.0 Å². The number of hydrogen-bond donors (Lipinski definition) is 0. The molecule has 5 heavy (non-hydrogen) atoms. The largest absolute Gasteiger partial charge is 1.00 e. The van der Waals surface area contributed by atoms with Crippen molar-refractivity contribution >= 4 is 0 Å². The molecule has 0 saturated heterocycles. The predicted molar refractivity (Wildman–Crippen MR) is 12.9 cm³/mol. The van der Waals surface area contributed by atoms with E-state index in [0.29, 0.717) is 0 Å². The van der Waals surface area contributed by atoms with Gasteiger partial charge in [-0.1, -0.05) is 0 Å². The Morgan fingerprint density at radius 2 is 1.80 bits per heavy atom. The van der Waals surface area contributed by atoms with Crippen molar-refractivity contribution in [2.45, 2.75) is 0 Å². The van der Waals surface area contributed by atoms with Crippen LogP contribution in [-0.4, -0.2) is 12.0 Å². The Hall–Kier alpha value is -0.120. The summed E-state index contributed by atoms with van der Waals surface area (Å²) in [4.78, 5) is 8.31. The van der Waals surface area contributed by atoms with E-state index in [4.69, 9.17) is 10.1 Å². The first kappa shape index (κ1) is 8.86. The highest BCUT2D eigenvalue weighted by molar-refractivity contribution is 3.91. The second-order valence-corrected chi connectivity index (χ2v) is 0.440. The topological polar surface area (TPSA) is 43.1 Å². The van der Waals surface area contributed by atoms with Gasteiger partial charge in [0.25, 0.3) is 0 Å². The fourth-order valence-electron chi connectivity index (χ4n) is 0. The van der Waals surface area contributed by atoms with Crippen LogP contribution in [-0.2, 0) is 0 Å². The molecule has 0 aromatic carbocycles. The third-order valence-corrected chi connectivity index (χ3v) is 0. The highest BCUT2D eigenvalue weighted by Crippen LogP contribution is 1.39. The number of halogens is 1. The third-order valence-electron chi connectivity index (χ3n) is 0. The van der Waals surface area contributed by atoms with Crippen molar-refractivity contribution in [2.75, 3.05) is 7.05 Å². The van der Waals surface area contributed by atoms with Crippen molar-refractivity contribution in [3.63, 3.8) is 0 Å². The van der Waals surface area contributed by atoms with E-state index in [0.717, 1.165) is 7.05 Å². The molecule has 0 aliphatic heterocycles. The molecule has 3 nitrogen and oxygen atoms in total. The Morgan fingerprint density at radius 1 is 1.80 bits per heavy atom. The highest BCUT2D eigenvalue weighted by atomic mass is 79.9. The summed E-state index contributed by atoms with van der Waals surface area (Å²) >= 11 is 0. The minimum atomic E-state index is -0.500. The van der Waals surface area contributed by atoms with Crippen LogP contribution in [0.25, 0.3) is 0 Å². The Bertz CT molecular complexity index is 32.6. The quantitative estimate of drug-likeness (QED) is 0.265. The zero-order valence-electron chi connectivity index (χ0n) is 2.64. The van der Waals surface area contributed by atoms with Gasteiger partial charge in [-0.05, 0) is 0 Å². The first-order valence-corrected chi connectivity index (χ1v) is 0.812. The van der Waals surface area contributed by atoms with E-state index in [-0.39, 0.29) is 17.0 Å². The average Bonchev–Trinajstić information content (AvgIpc) is 0.811. The molecule has 0 spiro atoms. The van der Waals surface area contributed by atoms with Crippen molar-refractivity contribution in [3.8, 4) is 0 Å². The number of nitro groups is 1. The summed E-state index contributed by atoms with van der Waals surface area (Å²) in [7, 11) is 0.889. The van der Waals surface area contributed by atoms with Crippen molar-refractivity contribution in [3.05, 3.63) is 10.1 Å². The predicted octanol–water partition coefficient (Wildman–Crippen LogP) is -3.10. The Kier molecular flexibility index (Phi) is 6.87. The molecular formula is CH3BrNO2-. The van der Waals surface area contributed by atoms with Crippen LogP contribution in [0.1, 0.15) is 0 Å². The van der Waals surface area contributed by atoms with Gasteiger partial charge in [0.1, 0.15) is 0 Å². The molecule has 0 aliphatic carbocycles. The zero-order valence-corrected chi connectivity index (χ0v) is 4.23. The van der Waals surface area contributed by atoms with E-state index in [1.54, 1.807) is 0 Å². The van der Waals surface area contributed by atoms with E-state index < -0.39 is 4.92 Å². The van der Waals surface area contributed by atoms with E-state index in [2.05, 4.69) is 0 Å². The molecule has 0 heterocycles. The Balaban J connectivity index is 0. The molecule has 0 atom stereocenters. The van der Waals surface area contributed by atoms with Crippen LogP contribution in [0.2, 0.25) is 0 Å². The molecule has 0 bridgehead atoms. The van der Waals surface area contributed by atoms with Crippen molar-refractivity contribution in [2.24, 2.45) is 0 Å². The van der Waals surface area contributed by atoms with Crippen LogP contribution in [0.4, 0.5) is 0 Å². The molecule has 0 unspecified atom stereocenters. The Labute approximate surface area is 39.9 Å². The molecule has 0 radical (unpaired) electrons. The molecule has 0 amide bonds. The summed E-state index contributed by atoms with van der Waals surface area (Å²) in [5, 5.41) is 8.81. The third kappa shape index (κ3) is 952. The molecule has 0 aromatic heterocycles. The van der Waals surface area contributed by atoms with E-state index >= 15 is 0 Å². The van der Waals surface area contributed by atoms with Gasteiger partial charge >= 0.3 is 0 Å². The molecular weight excluding hydrogens is 138 g/mol. The lowest BCUT2D eigenvalue weighted by Crippen LogP contribution is -3.00. The second-order valence-electron chi connectivity index (χ2n) is 0.440. The van der Waals surface area contributed by atoms with Gasteiger partial charge in [-0.3, -0.25) is 10.1 Å². The SMILES string of the molecule is C[N+](=O)[O-].[Br-]. The van der Waals surface area contributed by atoms with E-state index in [1.807, 2.05) is 0 Å². The summed E-state index contributed by atoms with van der Waals surface area (Å²) < 4.78 is 0. The molecule has 0 fully saturated rings. The van der Waals surface area contributed by atoms with Gasteiger partial charge in [0.2, 0.25) is 0 Å². The van der Waals surface area contributed by atoms with Gasteiger partial charge in [-0.15, -0.1) is 0 Å². The summed E-state index contributed by atoms with van der Waals surface area (Å²) in [5.41, 5.74) is 0. The maximum absolute atomic E-state index is 8.81. The lowest BCUT2D eigenvalue weighted by atomic mass is 11.5. The minimum absolute atomic E-state index is 0. The molecule has 4 heteroatoms. The summed E-state index contributed by atoms with van der Waals surface area (Å²) in [5.74, 6) is 0. The maximum atomic E-state index is 8.81. The van der Waals surface area contributed by atoms with Crippen molar-refractivity contribution in [1.29, 1.82) is 0 Å². The zero-order chi connectivity index (χ0) is 3.58. The fraction of sp³-hybridized carbons (Fsp3) is 1.00. The first-order valence-electron chi connectivity index (χ1n) is 0.812. The molecule has 0 rings (SSSR count). The summed E-state index contributed by atoms with van der Waals surface area (Å²) in [6.45, 7) is 0. The lowest BCUT2D eigenvalue weighted by molar-refractivity contribution is -0.445. The van der Waals surface area contributed by atoms with Gasteiger partial charge in [0, 0.05) is 4.92 Å². The summed E-state index contributed by atoms with van der Waals surface area (Å²) in [6.07, 6.45) is 0. The van der Waals surface area contributed by atoms with Gasteiger partial charge in [0.05, 0.1) is 0 Å². The smallest absolute Gasteiger partial charge is 0.194 e. The molecule has 0 saturated carbocycles. The fourth-order valence-corrected chi connectivity index (χ4v) is 0. The molecule has 0 N–H and O–H groups in total. The number of hydrogen-bond acceptors (Lipinski definition) is 2. The maximum Gasteiger partial charge on any atom is 0.194 e. The van der Waals surface area contributed by atoms with Crippen LogP contribution in [0.5, 0.6) is 0 Å². The molecule has 32 valence electrons. The van der Waals surface area contributed by atoms with E-state index in [9.17, 15) is 0 Å². The van der Waals surface area contributed by atoms with Crippen molar-refractivity contribution in [1.82, 2.24) is 0 Å². The Morgan fingerprint density at radius 3 is 1.80 bits per heavy atom.